The van der Waals surface area contributed by atoms with E-state index in [0.29, 0.717) is 6.73 Å². The summed E-state index contributed by atoms with van der Waals surface area (Å²) in [5.41, 5.74) is 3.36. The Morgan fingerprint density at radius 3 is 2.86 bits per heavy atom. The van der Waals surface area contributed by atoms with Crippen LogP contribution in [0.15, 0.2) is 24.8 Å². The molecule has 7 nitrogen and oxygen atoms in total. The summed E-state index contributed by atoms with van der Waals surface area (Å²) in [6.07, 6.45) is 5.10. The minimum atomic E-state index is -1.07. The molecule has 0 amide bonds. The lowest BCUT2D eigenvalue weighted by Crippen LogP contribution is -2.22. The number of fused-ring (bicyclic) bond motifs is 1. The van der Waals surface area contributed by atoms with E-state index < -0.39 is 8.07 Å². The van der Waals surface area contributed by atoms with Crippen molar-refractivity contribution in [2.24, 2.45) is 0 Å². The topological polar surface area (TPSA) is 81.5 Å². The normalized spacial score (nSPS) is 12.1. The molecule has 22 heavy (non-hydrogen) atoms. The van der Waals surface area contributed by atoms with Gasteiger partial charge in [-0.3, -0.25) is 4.98 Å². The van der Waals surface area contributed by atoms with Crippen molar-refractivity contribution in [3.63, 3.8) is 0 Å². The van der Waals surface area contributed by atoms with Gasteiger partial charge < -0.3 is 9.72 Å². The van der Waals surface area contributed by atoms with Gasteiger partial charge in [0.25, 0.3) is 0 Å². The molecule has 0 aliphatic heterocycles. The Balaban J connectivity index is 1.74. The number of rotatable bonds is 6. The minimum Gasteiger partial charge on any atom is -0.359 e. The maximum atomic E-state index is 5.75. The van der Waals surface area contributed by atoms with Gasteiger partial charge in [-0.2, -0.15) is 0 Å². The van der Waals surface area contributed by atoms with E-state index in [2.05, 4.69) is 44.9 Å². The second-order valence-electron chi connectivity index (χ2n) is 6.46. The van der Waals surface area contributed by atoms with Crippen LogP contribution >= 0.6 is 0 Å². The second kappa shape index (κ2) is 5.97. The quantitative estimate of drug-likeness (QED) is 0.558. The van der Waals surface area contributed by atoms with E-state index in [1.807, 2.05) is 6.07 Å². The molecule has 3 heterocycles. The number of hydrogen-bond acceptors (Lipinski definition) is 5. The Morgan fingerprint density at radius 2 is 2.14 bits per heavy atom. The smallest absolute Gasteiger partial charge is 0.141 e. The van der Waals surface area contributed by atoms with Crippen LogP contribution < -0.4 is 0 Å². The van der Waals surface area contributed by atoms with Crippen LogP contribution in [0, 0.1) is 0 Å². The molecule has 0 aliphatic rings. The molecule has 0 unspecified atom stereocenters. The van der Waals surface area contributed by atoms with E-state index in [4.69, 9.17) is 4.74 Å². The maximum absolute atomic E-state index is 5.75. The molecule has 0 spiro atoms. The molecule has 8 heteroatoms. The lowest BCUT2D eigenvalue weighted by molar-refractivity contribution is 0.0803. The summed E-state index contributed by atoms with van der Waals surface area (Å²) in [6, 6.07) is 3.09. The van der Waals surface area contributed by atoms with Gasteiger partial charge in [-0.15, -0.1) is 5.10 Å². The van der Waals surface area contributed by atoms with Crippen molar-refractivity contribution in [2.75, 3.05) is 6.61 Å². The average molecular weight is 316 g/mol. The van der Waals surface area contributed by atoms with Crippen molar-refractivity contribution in [1.29, 1.82) is 0 Å². The highest BCUT2D eigenvalue weighted by atomic mass is 28.3. The van der Waals surface area contributed by atoms with Crippen LogP contribution in [0.3, 0.4) is 0 Å². The van der Waals surface area contributed by atoms with E-state index in [9.17, 15) is 0 Å². The fourth-order valence-corrected chi connectivity index (χ4v) is 2.80. The number of pyridine rings is 1. The largest absolute Gasteiger partial charge is 0.359 e. The molecule has 0 aromatic carbocycles. The molecular weight excluding hydrogens is 296 g/mol. The number of ether oxygens (including phenoxy) is 1. The monoisotopic (exact) mass is 316 g/mol. The third kappa shape index (κ3) is 3.39. The highest BCUT2D eigenvalue weighted by molar-refractivity contribution is 6.76. The molecule has 0 saturated carbocycles. The highest BCUT2D eigenvalue weighted by Crippen LogP contribution is 2.18. The Kier molecular flexibility index (Phi) is 4.03. The molecule has 0 radical (unpaired) electrons. The van der Waals surface area contributed by atoms with Crippen molar-refractivity contribution in [1.82, 2.24) is 29.9 Å². The van der Waals surface area contributed by atoms with E-state index in [1.54, 1.807) is 23.4 Å². The molecule has 3 aromatic heterocycles. The Labute approximate surface area is 129 Å². The SMILES string of the molecule is C[Si](C)(C)CCOCn1nnc2cnc(-c3cnc[nH]3)cc21. The molecule has 3 rings (SSSR count). The van der Waals surface area contributed by atoms with Gasteiger partial charge >= 0.3 is 0 Å². The summed E-state index contributed by atoms with van der Waals surface area (Å²) in [4.78, 5) is 11.4. The van der Waals surface area contributed by atoms with E-state index in [1.165, 1.54) is 0 Å². The number of nitrogens with zero attached hydrogens (tertiary/aromatic N) is 5. The van der Waals surface area contributed by atoms with Gasteiger partial charge in [0.2, 0.25) is 0 Å². The first-order valence-electron chi connectivity index (χ1n) is 7.29. The van der Waals surface area contributed by atoms with Crippen LogP contribution in [0.5, 0.6) is 0 Å². The predicted octanol–water partition coefficient (Wildman–Crippen LogP) is 2.53. The van der Waals surface area contributed by atoms with Crippen molar-refractivity contribution in [3.8, 4) is 11.4 Å². The number of nitrogens with one attached hydrogen (secondary N) is 1. The third-order valence-corrected chi connectivity index (χ3v) is 5.09. The summed E-state index contributed by atoms with van der Waals surface area (Å²) in [7, 11) is -1.07. The van der Waals surface area contributed by atoms with Crippen LogP contribution in [0.25, 0.3) is 22.4 Å². The molecule has 3 aromatic rings. The molecule has 0 aliphatic carbocycles. The Bertz CT molecular complexity index is 746. The number of imidazole rings is 1. The van der Waals surface area contributed by atoms with E-state index >= 15 is 0 Å². The number of hydrogen-bond donors (Lipinski definition) is 1. The van der Waals surface area contributed by atoms with Gasteiger partial charge in [-0.1, -0.05) is 24.9 Å². The van der Waals surface area contributed by atoms with Crippen LogP contribution in [-0.4, -0.2) is 44.6 Å². The standard InChI is InChI=1S/C14H20N6OSi/c1-22(2,3)5-4-21-10-20-14-6-11(12-7-15-9-17-12)16-8-13(14)18-19-20/h6-9H,4-5,10H2,1-3H3,(H,15,17). The Hall–Kier alpha value is -2.06. The summed E-state index contributed by atoms with van der Waals surface area (Å²) in [6.45, 7) is 8.18. The predicted molar refractivity (Wildman–Crippen MR) is 87.0 cm³/mol. The van der Waals surface area contributed by atoms with Crippen molar-refractivity contribution in [2.45, 2.75) is 32.4 Å². The number of H-pyrrole nitrogens is 1. The molecule has 0 saturated heterocycles. The Morgan fingerprint density at radius 1 is 1.27 bits per heavy atom. The number of aromatic amines is 1. The van der Waals surface area contributed by atoms with Gasteiger partial charge in [0.05, 0.1) is 35.6 Å². The minimum absolute atomic E-state index is 0.410. The molecule has 0 fully saturated rings. The lowest BCUT2D eigenvalue weighted by atomic mass is 10.2. The molecule has 0 bridgehead atoms. The van der Waals surface area contributed by atoms with E-state index in [-0.39, 0.29) is 0 Å². The van der Waals surface area contributed by atoms with E-state index in [0.717, 1.165) is 35.1 Å². The summed E-state index contributed by atoms with van der Waals surface area (Å²) in [5, 5.41) is 8.26. The zero-order chi connectivity index (χ0) is 15.6. The maximum Gasteiger partial charge on any atom is 0.141 e. The van der Waals surface area contributed by atoms with Crippen LogP contribution in [-0.2, 0) is 11.5 Å². The zero-order valence-corrected chi connectivity index (χ0v) is 14.1. The average Bonchev–Trinajstić information content (AvgIpc) is 3.12. The molecule has 116 valence electrons. The second-order valence-corrected chi connectivity index (χ2v) is 12.1. The first-order chi connectivity index (χ1) is 10.5. The summed E-state index contributed by atoms with van der Waals surface area (Å²) >= 11 is 0. The van der Waals surface area contributed by atoms with Crippen molar-refractivity contribution < 1.29 is 4.74 Å². The van der Waals surface area contributed by atoms with Crippen molar-refractivity contribution in [3.05, 3.63) is 24.8 Å². The fourth-order valence-electron chi connectivity index (χ4n) is 2.04. The van der Waals surface area contributed by atoms with Crippen molar-refractivity contribution >= 4 is 19.1 Å². The highest BCUT2D eigenvalue weighted by Gasteiger charge is 2.13. The fraction of sp³-hybridized carbons (Fsp3) is 0.429. The van der Waals surface area contributed by atoms with Crippen LogP contribution in [0.1, 0.15) is 0 Å². The van der Waals surface area contributed by atoms with Crippen LogP contribution in [0.4, 0.5) is 0 Å². The van der Waals surface area contributed by atoms with Gasteiger partial charge in [0.15, 0.2) is 0 Å². The molecular formula is C14H20N6OSi. The van der Waals surface area contributed by atoms with Gasteiger partial charge in [0, 0.05) is 14.7 Å². The first kappa shape index (κ1) is 14.9. The summed E-state index contributed by atoms with van der Waals surface area (Å²) in [5.74, 6) is 0. The van der Waals surface area contributed by atoms with Gasteiger partial charge in [-0.05, 0) is 12.1 Å². The summed E-state index contributed by atoms with van der Waals surface area (Å²) < 4.78 is 7.51. The molecule has 1 N–H and O–H groups in total. The zero-order valence-electron chi connectivity index (χ0n) is 13.1. The first-order valence-corrected chi connectivity index (χ1v) is 11.0. The van der Waals surface area contributed by atoms with Gasteiger partial charge in [0.1, 0.15) is 12.2 Å². The molecule has 0 atom stereocenters. The van der Waals surface area contributed by atoms with Gasteiger partial charge in [-0.25, -0.2) is 9.67 Å². The third-order valence-electron chi connectivity index (χ3n) is 3.38. The number of aromatic nitrogens is 6. The lowest BCUT2D eigenvalue weighted by Gasteiger charge is -2.15. The van der Waals surface area contributed by atoms with Crippen LogP contribution in [0.2, 0.25) is 25.7 Å².